The van der Waals surface area contributed by atoms with Crippen LogP contribution in [0.1, 0.15) is 50.8 Å². The van der Waals surface area contributed by atoms with E-state index in [-0.39, 0.29) is 6.04 Å². The van der Waals surface area contributed by atoms with Crippen molar-refractivity contribution in [1.82, 2.24) is 20.2 Å². The predicted octanol–water partition coefficient (Wildman–Crippen LogP) is 3.54. The van der Waals surface area contributed by atoms with E-state index in [4.69, 9.17) is 5.73 Å². The van der Waals surface area contributed by atoms with Crippen molar-refractivity contribution < 1.29 is 0 Å². The number of nitrogens with two attached hydrogens (primary N) is 1. The molecular weight excluding hydrogens is 262 g/mol. The smallest absolute Gasteiger partial charge is 0.182 e. The zero-order chi connectivity index (χ0) is 15.6. The molecule has 0 saturated heterocycles. The minimum absolute atomic E-state index is 0.270. The number of nitrogens with zero attached hydrogens (tertiary/aromatic N) is 4. The first-order valence-electron chi connectivity index (χ1n) is 7.64. The molecule has 1 atom stereocenters. The topological polar surface area (TPSA) is 69.6 Å². The van der Waals surface area contributed by atoms with E-state index in [0.717, 1.165) is 41.0 Å². The lowest BCUT2D eigenvalue weighted by molar-refractivity contribution is 0.309. The first kappa shape index (κ1) is 15.5. The zero-order valence-corrected chi connectivity index (χ0v) is 13.6. The lowest BCUT2D eigenvalue weighted by Gasteiger charge is -2.22. The van der Waals surface area contributed by atoms with Gasteiger partial charge in [-0.3, -0.25) is 0 Å². The largest absolute Gasteiger partial charge is 0.398 e. The van der Waals surface area contributed by atoms with E-state index in [1.165, 1.54) is 0 Å². The van der Waals surface area contributed by atoms with Crippen molar-refractivity contribution in [3.8, 4) is 11.4 Å². The van der Waals surface area contributed by atoms with E-state index < -0.39 is 0 Å². The fraction of sp³-hybridized carbons (Fsp3) is 0.562. The van der Waals surface area contributed by atoms with Crippen molar-refractivity contribution >= 4 is 5.69 Å². The van der Waals surface area contributed by atoms with Crippen LogP contribution in [-0.2, 0) is 0 Å². The number of hydrogen-bond donors (Lipinski definition) is 1. The van der Waals surface area contributed by atoms with Crippen LogP contribution in [0.25, 0.3) is 11.4 Å². The summed E-state index contributed by atoms with van der Waals surface area (Å²) in [6, 6.07) is 4.34. The van der Waals surface area contributed by atoms with E-state index in [2.05, 4.69) is 49.3 Å². The summed E-state index contributed by atoms with van der Waals surface area (Å²) in [6.07, 6.45) is 2.23. The second-order valence-electron chi connectivity index (χ2n) is 5.79. The summed E-state index contributed by atoms with van der Waals surface area (Å²) in [7, 11) is 0. The fourth-order valence-electron chi connectivity index (χ4n) is 2.93. The summed E-state index contributed by atoms with van der Waals surface area (Å²) in [5.74, 6) is 1.37. The maximum absolute atomic E-state index is 6.06. The minimum atomic E-state index is 0.270. The second-order valence-corrected chi connectivity index (χ2v) is 5.79. The molecule has 0 aliphatic carbocycles. The molecule has 1 aromatic heterocycles. The van der Waals surface area contributed by atoms with Crippen LogP contribution in [0.4, 0.5) is 5.69 Å². The van der Waals surface area contributed by atoms with E-state index in [1.54, 1.807) is 0 Å². The van der Waals surface area contributed by atoms with Gasteiger partial charge in [0.25, 0.3) is 0 Å². The number of aryl methyl sites for hydroxylation is 2. The van der Waals surface area contributed by atoms with Gasteiger partial charge in [0, 0.05) is 11.3 Å². The Balaban J connectivity index is 2.48. The highest BCUT2D eigenvalue weighted by molar-refractivity contribution is 5.67. The third-order valence-corrected chi connectivity index (χ3v) is 4.46. The van der Waals surface area contributed by atoms with Crippen LogP contribution in [0, 0.1) is 19.8 Å². The Morgan fingerprint density at radius 2 is 1.81 bits per heavy atom. The summed E-state index contributed by atoms with van der Waals surface area (Å²) in [6.45, 7) is 10.7. The normalized spacial score (nSPS) is 12.9. The SMILES string of the molecule is CCC(CC)C(C)n1nnnc1-c1cc(N)c(C)cc1C. The predicted molar refractivity (Wildman–Crippen MR) is 85.9 cm³/mol. The molecule has 0 bridgehead atoms. The van der Waals surface area contributed by atoms with Gasteiger partial charge in [-0.05, 0) is 54.3 Å². The van der Waals surface area contributed by atoms with Gasteiger partial charge < -0.3 is 5.73 Å². The Morgan fingerprint density at radius 1 is 1.14 bits per heavy atom. The van der Waals surface area contributed by atoms with Crippen molar-refractivity contribution in [3.63, 3.8) is 0 Å². The average molecular weight is 287 g/mol. The van der Waals surface area contributed by atoms with Crippen LogP contribution in [0.15, 0.2) is 12.1 Å². The summed E-state index contributed by atoms with van der Waals surface area (Å²) in [5.41, 5.74) is 10.1. The van der Waals surface area contributed by atoms with Gasteiger partial charge in [0.2, 0.25) is 0 Å². The quantitative estimate of drug-likeness (QED) is 0.854. The first-order chi connectivity index (χ1) is 9.99. The van der Waals surface area contributed by atoms with Crippen LogP contribution < -0.4 is 5.73 Å². The van der Waals surface area contributed by atoms with Gasteiger partial charge in [0.15, 0.2) is 5.82 Å². The molecule has 5 heteroatoms. The van der Waals surface area contributed by atoms with E-state index >= 15 is 0 Å². The highest BCUT2D eigenvalue weighted by Crippen LogP contribution is 2.30. The van der Waals surface area contributed by atoms with Gasteiger partial charge in [0.1, 0.15) is 0 Å². The highest BCUT2D eigenvalue weighted by atomic mass is 15.5. The number of hydrogen-bond acceptors (Lipinski definition) is 4. The molecule has 0 aliphatic heterocycles. The summed E-state index contributed by atoms with van der Waals surface area (Å²) >= 11 is 0. The van der Waals surface area contributed by atoms with Gasteiger partial charge in [-0.25, -0.2) is 4.68 Å². The summed E-state index contributed by atoms with van der Waals surface area (Å²) in [5, 5.41) is 12.3. The minimum Gasteiger partial charge on any atom is -0.398 e. The van der Waals surface area contributed by atoms with Crippen molar-refractivity contribution in [2.75, 3.05) is 5.73 Å². The molecule has 0 fully saturated rings. The molecular formula is C16H25N5. The molecule has 2 aromatic rings. The number of nitrogen functional groups attached to an aromatic ring is 1. The molecule has 0 radical (unpaired) electrons. The van der Waals surface area contributed by atoms with Gasteiger partial charge in [-0.15, -0.1) is 5.10 Å². The van der Waals surface area contributed by atoms with E-state index in [9.17, 15) is 0 Å². The highest BCUT2D eigenvalue weighted by Gasteiger charge is 2.22. The molecule has 1 aromatic carbocycles. The van der Waals surface area contributed by atoms with Gasteiger partial charge in [-0.1, -0.05) is 32.8 Å². The number of tetrazole rings is 1. The first-order valence-corrected chi connectivity index (χ1v) is 7.64. The van der Waals surface area contributed by atoms with Crippen molar-refractivity contribution in [3.05, 3.63) is 23.3 Å². The third-order valence-electron chi connectivity index (χ3n) is 4.46. The third kappa shape index (κ3) is 2.91. The van der Waals surface area contributed by atoms with Crippen LogP contribution in [-0.4, -0.2) is 20.2 Å². The van der Waals surface area contributed by atoms with Gasteiger partial charge in [-0.2, -0.15) is 0 Å². The summed E-state index contributed by atoms with van der Waals surface area (Å²) < 4.78 is 1.94. The molecule has 1 unspecified atom stereocenters. The molecule has 0 spiro atoms. The van der Waals surface area contributed by atoms with Crippen LogP contribution in [0.3, 0.4) is 0 Å². The maximum atomic E-state index is 6.06. The zero-order valence-electron chi connectivity index (χ0n) is 13.6. The number of benzene rings is 1. The standard InChI is InChI=1S/C16H25N5/c1-6-13(7-2)12(5)21-16(18-19-20-21)14-9-15(17)11(4)8-10(14)3/h8-9,12-13H,6-7,17H2,1-5H3. The number of aromatic nitrogens is 4. The molecule has 0 saturated carbocycles. The van der Waals surface area contributed by atoms with Gasteiger partial charge in [0.05, 0.1) is 6.04 Å². The second kappa shape index (κ2) is 6.24. The maximum Gasteiger partial charge on any atom is 0.182 e. The lowest BCUT2D eigenvalue weighted by atomic mass is 9.95. The Morgan fingerprint density at radius 3 is 2.43 bits per heavy atom. The van der Waals surface area contributed by atoms with Crippen LogP contribution in [0.2, 0.25) is 0 Å². The Bertz CT molecular complexity index is 613. The Labute approximate surface area is 126 Å². The fourth-order valence-corrected chi connectivity index (χ4v) is 2.93. The van der Waals surface area contributed by atoms with Crippen molar-refractivity contribution in [2.45, 2.75) is 53.5 Å². The Kier molecular flexibility index (Phi) is 4.60. The van der Waals surface area contributed by atoms with Gasteiger partial charge >= 0.3 is 0 Å². The lowest BCUT2D eigenvalue weighted by Crippen LogP contribution is -2.18. The monoisotopic (exact) mass is 287 g/mol. The van der Waals surface area contributed by atoms with E-state index in [0.29, 0.717) is 5.92 Å². The molecule has 2 N–H and O–H groups in total. The van der Waals surface area contributed by atoms with Crippen LogP contribution in [0.5, 0.6) is 0 Å². The van der Waals surface area contributed by atoms with Crippen molar-refractivity contribution in [1.29, 1.82) is 0 Å². The number of rotatable bonds is 5. The van der Waals surface area contributed by atoms with E-state index in [1.807, 2.05) is 17.7 Å². The molecule has 2 rings (SSSR count). The summed E-state index contributed by atoms with van der Waals surface area (Å²) in [4.78, 5) is 0. The molecule has 0 aliphatic rings. The number of anilines is 1. The molecule has 1 heterocycles. The Hall–Kier alpha value is -1.91. The molecule has 5 nitrogen and oxygen atoms in total. The van der Waals surface area contributed by atoms with Crippen LogP contribution >= 0.6 is 0 Å². The molecule has 21 heavy (non-hydrogen) atoms. The molecule has 114 valence electrons. The average Bonchev–Trinajstić information content (AvgIpc) is 2.93. The molecule has 0 amide bonds. The van der Waals surface area contributed by atoms with Crippen molar-refractivity contribution in [2.24, 2.45) is 5.92 Å².